The van der Waals surface area contributed by atoms with Gasteiger partial charge in [0.25, 0.3) is 5.91 Å². The minimum atomic E-state index is -0.0485. The van der Waals surface area contributed by atoms with Crippen molar-refractivity contribution >= 4 is 5.91 Å². The second-order valence-electron chi connectivity index (χ2n) is 7.30. The van der Waals surface area contributed by atoms with Crippen molar-refractivity contribution in [2.45, 2.75) is 18.8 Å². The topological polar surface area (TPSA) is 86.9 Å². The normalized spacial score (nSPS) is 17.8. The zero-order chi connectivity index (χ0) is 20.5. The fourth-order valence-corrected chi connectivity index (χ4v) is 3.90. The molecular formula is C22H21N3O5. The van der Waals surface area contributed by atoms with Gasteiger partial charge in [-0.05, 0) is 43.2 Å². The molecule has 3 heterocycles. The summed E-state index contributed by atoms with van der Waals surface area (Å²) in [7, 11) is 1.57. The van der Waals surface area contributed by atoms with Gasteiger partial charge in [-0.1, -0.05) is 12.1 Å². The van der Waals surface area contributed by atoms with E-state index >= 15 is 0 Å². The van der Waals surface area contributed by atoms with Crippen LogP contribution in [0.2, 0.25) is 0 Å². The second kappa shape index (κ2) is 7.70. The molecule has 5 rings (SSSR count). The van der Waals surface area contributed by atoms with E-state index in [1.54, 1.807) is 19.2 Å². The average molecular weight is 407 g/mol. The first-order valence-corrected chi connectivity index (χ1v) is 9.88. The summed E-state index contributed by atoms with van der Waals surface area (Å²) in [5.41, 5.74) is 1.34. The summed E-state index contributed by atoms with van der Waals surface area (Å²) in [5, 5.41) is 8.46. The van der Waals surface area contributed by atoms with E-state index in [0.717, 1.165) is 18.4 Å². The maximum atomic E-state index is 13.0. The molecule has 1 amide bonds. The molecule has 3 aromatic rings. The molecule has 0 saturated carbocycles. The van der Waals surface area contributed by atoms with Crippen LogP contribution in [0.4, 0.5) is 0 Å². The summed E-state index contributed by atoms with van der Waals surface area (Å²) in [6, 6.07) is 12.8. The molecule has 30 heavy (non-hydrogen) atoms. The lowest BCUT2D eigenvalue weighted by Crippen LogP contribution is -2.39. The van der Waals surface area contributed by atoms with Crippen molar-refractivity contribution in [3.05, 3.63) is 53.9 Å². The lowest BCUT2D eigenvalue weighted by atomic mass is 9.97. The van der Waals surface area contributed by atoms with E-state index in [1.165, 1.54) is 0 Å². The molecule has 0 N–H and O–H groups in total. The van der Waals surface area contributed by atoms with E-state index < -0.39 is 0 Å². The van der Waals surface area contributed by atoms with Crippen LogP contribution in [-0.4, -0.2) is 48.0 Å². The molecule has 154 valence electrons. The molecule has 0 aliphatic carbocycles. The summed E-state index contributed by atoms with van der Waals surface area (Å²) < 4.78 is 22.1. The Hall–Kier alpha value is -3.55. The number of carbonyl (C=O) groups is 1. The summed E-state index contributed by atoms with van der Waals surface area (Å²) in [6.07, 6.45) is 1.76. The number of aromatic nitrogens is 2. The molecule has 8 nitrogen and oxygen atoms in total. The molecule has 0 spiro atoms. The van der Waals surface area contributed by atoms with Gasteiger partial charge in [0.05, 0.1) is 18.6 Å². The zero-order valence-corrected chi connectivity index (χ0v) is 16.5. The van der Waals surface area contributed by atoms with Crippen molar-refractivity contribution in [2.75, 3.05) is 27.0 Å². The van der Waals surface area contributed by atoms with E-state index in [0.29, 0.717) is 47.7 Å². The summed E-state index contributed by atoms with van der Waals surface area (Å²) in [6.45, 7) is 1.43. The predicted molar refractivity (Wildman–Crippen MR) is 107 cm³/mol. The van der Waals surface area contributed by atoms with Crippen molar-refractivity contribution in [1.82, 2.24) is 15.1 Å². The van der Waals surface area contributed by atoms with Gasteiger partial charge in [0.15, 0.2) is 11.5 Å². The molecule has 1 aromatic heterocycles. The van der Waals surface area contributed by atoms with Crippen molar-refractivity contribution in [2.24, 2.45) is 0 Å². The largest absolute Gasteiger partial charge is 0.496 e. The van der Waals surface area contributed by atoms with Gasteiger partial charge in [-0.3, -0.25) is 4.79 Å². The highest BCUT2D eigenvalue weighted by Gasteiger charge is 2.30. The number of hydrogen-bond acceptors (Lipinski definition) is 7. The van der Waals surface area contributed by atoms with Crippen LogP contribution in [0, 0.1) is 0 Å². The quantitative estimate of drug-likeness (QED) is 0.654. The van der Waals surface area contributed by atoms with Crippen LogP contribution < -0.4 is 14.2 Å². The third-order valence-electron chi connectivity index (χ3n) is 5.46. The number of para-hydroxylation sites is 1. The highest BCUT2D eigenvalue weighted by molar-refractivity contribution is 5.97. The number of rotatable bonds is 4. The molecule has 1 atom stereocenters. The number of carbonyl (C=O) groups excluding carboxylic acids is 1. The van der Waals surface area contributed by atoms with Gasteiger partial charge >= 0.3 is 0 Å². The Labute approximate surface area is 173 Å². The number of ether oxygens (including phenoxy) is 3. The maximum absolute atomic E-state index is 13.0. The number of methoxy groups -OCH3 is 1. The Morgan fingerprint density at radius 1 is 1.13 bits per heavy atom. The maximum Gasteiger partial charge on any atom is 0.257 e. The van der Waals surface area contributed by atoms with Crippen LogP contribution >= 0.6 is 0 Å². The second-order valence-corrected chi connectivity index (χ2v) is 7.30. The molecule has 1 fully saturated rings. The van der Waals surface area contributed by atoms with Crippen LogP contribution in [0.3, 0.4) is 0 Å². The van der Waals surface area contributed by atoms with Gasteiger partial charge in [-0.25, -0.2) is 0 Å². The third kappa shape index (κ3) is 3.34. The number of fused-ring (bicyclic) bond motifs is 1. The van der Waals surface area contributed by atoms with Crippen molar-refractivity contribution in [3.63, 3.8) is 0 Å². The number of amides is 1. The van der Waals surface area contributed by atoms with Gasteiger partial charge in [0.1, 0.15) is 5.75 Å². The molecular weight excluding hydrogens is 386 g/mol. The van der Waals surface area contributed by atoms with Crippen molar-refractivity contribution < 1.29 is 23.4 Å². The molecule has 2 aliphatic rings. The number of piperidine rings is 1. The lowest BCUT2D eigenvalue weighted by Gasteiger charge is -2.31. The predicted octanol–water partition coefficient (Wildman–Crippen LogP) is 3.49. The highest BCUT2D eigenvalue weighted by atomic mass is 16.7. The Balaban J connectivity index is 1.34. The molecule has 0 radical (unpaired) electrons. The monoisotopic (exact) mass is 407 g/mol. The average Bonchev–Trinajstić information content (AvgIpc) is 3.48. The van der Waals surface area contributed by atoms with E-state index in [9.17, 15) is 4.79 Å². The minimum Gasteiger partial charge on any atom is -0.496 e. The Kier molecular flexibility index (Phi) is 4.74. The summed E-state index contributed by atoms with van der Waals surface area (Å²) in [5.74, 6) is 2.86. The van der Waals surface area contributed by atoms with Crippen LogP contribution in [-0.2, 0) is 0 Å². The minimum absolute atomic E-state index is 0.00679. The molecule has 0 bridgehead atoms. The molecule has 0 unspecified atom stereocenters. The first-order chi connectivity index (χ1) is 14.7. The van der Waals surface area contributed by atoms with E-state index in [1.807, 2.05) is 35.2 Å². The fourth-order valence-electron chi connectivity index (χ4n) is 3.90. The summed E-state index contributed by atoms with van der Waals surface area (Å²) in [4.78, 5) is 14.9. The van der Waals surface area contributed by atoms with E-state index in [-0.39, 0.29) is 18.6 Å². The number of benzene rings is 2. The highest BCUT2D eigenvalue weighted by Crippen LogP contribution is 2.36. The Bertz CT molecular complexity index is 1080. The molecule has 2 aromatic carbocycles. The van der Waals surface area contributed by atoms with Crippen LogP contribution in [0.25, 0.3) is 11.5 Å². The van der Waals surface area contributed by atoms with Gasteiger partial charge in [0.2, 0.25) is 18.6 Å². The van der Waals surface area contributed by atoms with Crippen molar-refractivity contribution in [3.8, 4) is 28.7 Å². The zero-order valence-electron chi connectivity index (χ0n) is 16.5. The van der Waals surface area contributed by atoms with Crippen LogP contribution in [0.1, 0.15) is 35.0 Å². The van der Waals surface area contributed by atoms with Crippen LogP contribution in [0.15, 0.2) is 46.9 Å². The molecule has 8 heteroatoms. The molecule has 1 saturated heterocycles. The lowest BCUT2D eigenvalue weighted by molar-refractivity contribution is 0.0695. The first kappa shape index (κ1) is 18.5. The number of hydrogen-bond donors (Lipinski definition) is 0. The van der Waals surface area contributed by atoms with Gasteiger partial charge in [0, 0.05) is 18.7 Å². The Morgan fingerprint density at radius 2 is 2.00 bits per heavy atom. The van der Waals surface area contributed by atoms with Gasteiger partial charge in [-0.15, -0.1) is 10.2 Å². The van der Waals surface area contributed by atoms with Gasteiger partial charge in [-0.2, -0.15) is 0 Å². The Morgan fingerprint density at radius 3 is 2.90 bits per heavy atom. The fraction of sp³-hybridized carbons (Fsp3) is 0.318. The smallest absolute Gasteiger partial charge is 0.257 e. The molecule has 2 aliphatic heterocycles. The third-order valence-corrected chi connectivity index (χ3v) is 5.46. The van der Waals surface area contributed by atoms with E-state index in [4.69, 9.17) is 18.6 Å². The number of likely N-dealkylation sites (tertiary alicyclic amines) is 1. The van der Waals surface area contributed by atoms with E-state index in [2.05, 4.69) is 10.2 Å². The van der Waals surface area contributed by atoms with Crippen LogP contribution in [0.5, 0.6) is 17.2 Å². The first-order valence-electron chi connectivity index (χ1n) is 9.88. The number of nitrogens with zero attached hydrogens (tertiary/aromatic N) is 3. The SMILES string of the molecule is COc1ccccc1C(=O)N1CCC[C@@H](c2nnc(-c3ccc4c(c3)OCO4)o2)C1. The van der Waals surface area contributed by atoms with Crippen molar-refractivity contribution in [1.29, 1.82) is 0 Å². The summed E-state index contributed by atoms with van der Waals surface area (Å²) >= 11 is 0. The standard InChI is InChI=1S/C22H21N3O5/c1-27-17-7-3-2-6-16(17)22(26)25-10-4-5-15(12-25)21-24-23-20(30-21)14-8-9-18-19(11-14)29-13-28-18/h2-3,6-9,11,15H,4-5,10,12-13H2,1H3/t15-/m1/s1. The van der Waals surface area contributed by atoms with Gasteiger partial charge < -0.3 is 23.5 Å².